The van der Waals surface area contributed by atoms with Crippen LogP contribution in [-0.2, 0) is 4.74 Å². The molecule has 0 spiro atoms. The number of carbonyl (C=O) groups excluding carboxylic acids is 1. The molecule has 0 saturated carbocycles. The Bertz CT molecular complexity index is 1550. The molecule has 7 heteroatoms. The molecule has 2 heterocycles. The summed E-state index contributed by atoms with van der Waals surface area (Å²) in [7, 11) is 0. The van der Waals surface area contributed by atoms with Gasteiger partial charge in [-0.1, -0.05) is 30.3 Å². The number of hydrogen-bond acceptors (Lipinski definition) is 5. The number of aromatic nitrogens is 2. The SMILES string of the molecule is CCOC(=O)c1cnc2ccc(-c3cccc4[nH]ccc34)cc2c1Nc1ccccc1C(=O)O. The van der Waals surface area contributed by atoms with Crippen LogP contribution in [0.25, 0.3) is 32.9 Å². The summed E-state index contributed by atoms with van der Waals surface area (Å²) in [6, 6.07) is 20.4. The molecule has 34 heavy (non-hydrogen) atoms. The molecule has 5 rings (SSSR count). The number of nitrogens with zero attached hydrogens (tertiary/aromatic N) is 1. The first-order valence-corrected chi connectivity index (χ1v) is 10.8. The first kappa shape index (κ1) is 21.2. The highest BCUT2D eigenvalue weighted by molar-refractivity contribution is 6.09. The van der Waals surface area contributed by atoms with Gasteiger partial charge >= 0.3 is 11.9 Å². The minimum absolute atomic E-state index is 0.0931. The predicted molar refractivity (Wildman–Crippen MR) is 132 cm³/mol. The summed E-state index contributed by atoms with van der Waals surface area (Å²) < 4.78 is 5.26. The molecule has 0 saturated heterocycles. The third-order valence-corrected chi connectivity index (χ3v) is 5.69. The zero-order valence-electron chi connectivity index (χ0n) is 18.3. The number of ether oxygens (including phenoxy) is 1. The van der Waals surface area contributed by atoms with Crippen LogP contribution >= 0.6 is 0 Å². The van der Waals surface area contributed by atoms with Gasteiger partial charge in [0.1, 0.15) is 5.56 Å². The molecule has 2 aromatic heterocycles. The van der Waals surface area contributed by atoms with E-state index >= 15 is 0 Å². The summed E-state index contributed by atoms with van der Waals surface area (Å²) >= 11 is 0. The number of esters is 1. The highest BCUT2D eigenvalue weighted by atomic mass is 16.5. The number of rotatable bonds is 6. The number of aromatic carboxylic acids is 1. The second kappa shape index (κ2) is 8.71. The van der Waals surface area contributed by atoms with Gasteiger partial charge in [0, 0.05) is 28.7 Å². The number of benzene rings is 3. The van der Waals surface area contributed by atoms with E-state index in [4.69, 9.17) is 4.74 Å². The van der Waals surface area contributed by atoms with Gasteiger partial charge in [-0.05, 0) is 54.4 Å². The second-order valence-electron chi connectivity index (χ2n) is 7.72. The Hall–Kier alpha value is -4.65. The van der Waals surface area contributed by atoms with Crippen LogP contribution in [0.2, 0.25) is 0 Å². The maximum atomic E-state index is 12.8. The lowest BCUT2D eigenvalue weighted by Gasteiger charge is -2.16. The first-order valence-electron chi connectivity index (χ1n) is 10.8. The van der Waals surface area contributed by atoms with Crippen molar-refractivity contribution in [3.05, 3.63) is 90.3 Å². The predicted octanol–water partition coefficient (Wildman–Crippen LogP) is 6.00. The van der Waals surface area contributed by atoms with Crippen LogP contribution in [0.1, 0.15) is 27.6 Å². The molecule has 0 bridgehead atoms. The minimum Gasteiger partial charge on any atom is -0.478 e. The molecule has 0 aliphatic rings. The largest absolute Gasteiger partial charge is 0.478 e. The molecule has 0 fully saturated rings. The Kier molecular flexibility index (Phi) is 5.43. The Labute approximate surface area is 195 Å². The number of fused-ring (bicyclic) bond motifs is 2. The van der Waals surface area contributed by atoms with E-state index in [1.54, 1.807) is 25.1 Å². The topological polar surface area (TPSA) is 104 Å². The number of nitrogens with one attached hydrogen (secondary N) is 2. The van der Waals surface area contributed by atoms with Crippen LogP contribution in [0.3, 0.4) is 0 Å². The van der Waals surface area contributed by atoms with E-state index in [1.807, 2.05) is 48.7 Å². The maximum Gasteiger partial charge on any atom is 0.341 e. The Morgan fingerprint density at radius 2 is 1.85 bits per heavy atom. The quantitative estimate of drug-likeness (QED) is 0.274. The van der Waals surface area contributed by atoms with Crippen LogP contribution in [0.4, 0.5) is 11.4 Å². The molecule has 3 N–H and O–H groups in total. The van der Waals surface area contributed by atoms with Crippen LogP contribution in [-0.4, -0.2) is 33.6 Å². The van der Waals surface area contributed by atoms with E-state index < -0.39 is 11.9 Å². The van der Waals surface area contributed by atoms with Crippen molar-refractivity contribution in [1.82, 2.24) is 9.97 Å². The summed E-state index contributed by atoms with van der Waals surface area (Å²) in [4.78, 5) is 32.3. The van der Waals surface area contributed by atoms with Crippen LogP contribution in [0, 0.1) is 0 Å². The van der Waals surface area contributed by atoms with Crippen LogP contribution < -0.4 is 5.32 Å². The van der Waals surface area contributed by atoms with Crippen molar-refractivity contribution in [3.8, 4) is 11.1 Å². The molecule has 3 aromatic carbocycles. The lowest BCUT2D eigenvalue weighted by Crippen LogP contribution is -2.10. The number of aromatic amines is 1. The Balaban J connectivity index is 1.74. The number of carbonyl (C=O) groups is 2. The molecule has 0 atom stereocenters. The van der Waals surface area contributed by atoms with E-state index in [1.165, 1.54) is 12.3 Å². The second-order valence-corrected chi connectivity index (χ2v) is 7.72. The molecular formula is C27H21N3O4. The van der Waals surface area contributed by atoms with Crippen molar-refractivity contribution in [3.63, 3.8) is 0 Å². The van der Waals surface area contributed by atoms with Crippen molar-refractivity contribution in [1.29, 1.82) is 0 Å². The zero-order valence-corrected chi connectivity index (χ0v) is 18.3. The average Bonchev–Trinajstić information content (AvgIpc) is 3.33. The summed E-state index contributed by atoms with van der Waals surface area (Å²) in [5.41, 5.74) is 4.78. The fourth-order valence-electron chi connectivity index (χ4n) is 4.11. The van der Waals surface area contributed by atoms with Crippen molar-refractivity contribution >= 4 is 45.1 Å². The van der Waals surface area contributed by atoms with E-state index in [0.717, 1.165) is 22.0 Å². The highest BCUT2D eigenvalue weighted by Crippen LogP contribution is 2.35. The number of pyridine rings is 1. The molecule has 0 aliphatic heterocycles. The van der Waals surface area contributed by atoms with Gasteiger partial charge < -0.3 is 20.1 Å². The lowest BCUT2D eigenvalue weighted by atomic mass is 9.98. The number of H-pyrrole nitrogens is 1. The number of anilines is 2. The summed E-state index contributed by atoms with van der Waals surface area (Å²) in [6.07, 6.45) is 3.35. The summed E-state index contributed by atoms with van der Waals surface area (Å²) in [5.74, 6) is -1.61. The van der Waals surface area contributed by atoms with Crippen LogP contribution in [0.15, 0.2) is 79.1 Å². The molecule has 0 radical (unpaired) electrons. The van der Waals surface area contributed by atoms with E-state index in [-0.39, 0.29) is 17.7 Å². The van der Waals surface area contributed by atoms with Gasteiger partial charge in [-0.15, -0.1) is 0 Å². The standard InChI is InChI=1S/C27H21N3O4/c1-2-34-27(33)21-15-29-23-11-10-16(17-7-5-9-22-18(17)12-13-28-22)14-20(23)25(21)30-24-8-4-3-6-19(24)26(31)32/h3-15,28H,2H2,1H3,(H,29,30)(H,31,32). The molecule has 0 unspecified atom stereocenters. The molecular weight excluding hydrogens is 430 g/mol. The van der Waals surface area contributed by atoms with Crippen LogP contribution in [0.5, 0.6) is 0 Å². The zero-order chi connectivity index (χ0) is 23.7. The Morgan fingerprint density at radius 3 is 2.68 bits per heavy atom. The van der Waals surface area contributed by atoms with Gasteiger partial charge in [-0.2, -0.15) is 0 Å². The third kappa shape index (κ3) is 3.73. The molecule has 0 aliphatic carbocycles. The molecule has 5 aromatic rings. The minimum atomic E-state index is -1.07. The van der Waals surface area contributed by atoms with Gasteiger partial charge in [-0.3, -0.25) is 4.98 Å². The fourth-order valence-corrected chi connectivity index (χ4v) is 4.11. The summed E-state index contributed by atoms with van der Waals surface area (Å²) in [5, 5.41) is 14.6. The smallest absolute Gasteiger partial charge is 0.341 e. The van der Waals surface area contributed by atoms with E-state index in [9.17, 15) is 14.7 Å². The van der Waals surface area contributed by atoms with Crippen molar-refractivity contribution < 1.29 is 19.4 Å². The van der Waals surface area contributed by atoms with Crippen molar-refractivity contribution in [2.45, 2.75) is 6.92 Å². The van der Waals surface area contributed by atoms with Gasteiger partial charge in [-0.25, -0.2) is 9.59 Å². The van der Waals surface area contributed by atoms with Crippen molar-refractivity contribution in [2.75, 3.05) is 11.9 Å². The normalized spacial score (nSPS) is 11.0. The average molecular weight is 451 g/mol. The molecule has 168 valence electrons. The molecule has 7 nitrogen and oxygen atoms in total. The lowest BCUT2D eigenvalue weighted by molar-refractivity contribution is 0.0527. The van der Waals surface area contributed by atoms with Gasteiger partial charge in [0.25, 0.3) is 0 Å². The van der Waals surface area contributed by atoms with E-state index in [2.05, 4.69) is 15.3 Å². The van der Waals surface area contributed by atoms with Gasteiger partial charge in [0.05, 0.1) is 29.1 Å². The molecule has 0 amide bonds. The number of para-hydroxylation sites is 1. The Morgan fingerprint density at radius 1 is 1.00 bits per heavy atom. The number of carboxylic acid groups (broad SMARTS) is 1. The number of carboxylic acids is 1. The fraction of sp³-hybridized carbons (Fsp3) is 0.0741. The maximum absolute atomic E-state index is 12.8. The third-order valence-electron chi connectivity index (χ3n) is 5.69. The first-order chi connectivity index (χ1) is 16.6. The van der Waals surface area contributed by atoms with E-state index in [0.29, 0.717) is 22.3 Å². The van der Waals surface area contributed by atoms with Gasteiger partial charge in [0.2, 0.25) is 0 Å². The monoisotopic (exact) mass is 451 g/mol. The highest BCUT2D eigenvalue weighted by Gasteiger charge is 2.20. The summed E-state index contributed by atoms with van der Waals surface area (Å²) in [6.45, 7) is 1.94. The van der Waals surface area contributed by atoms with Gasteiger partial charge in [0.15, 0.2) is 0 Å². The number of hydrogen-bond donors (Lipinski definition) is 3. The van der Waals surface area contributed by atoms with Crippen molar-refractivity contribution in [2.24, 2.45) is 0 Å².